The summed E-state index contributed by atoms with van der Waals surface area (Å²) in [6.45, 7) is 1.79. The summed E-state index contributed by atoms with van der Waals surface area (Å²) in [5, 5.41) is 10.7. The van der Waals surface area contributed by atoms with Crippen molar-refractivity contribution in [3.05, 3.63) is 70.6 Å². The van der Waals surface area contributed by atoms with Crippen molar-refractivity contribution in [3.63, 3.8) is 0 Å². The van der Waals surface area contributed by atoms with Crippen molar-refractivity contribution in [3.8, 4) is 6.07 Å². The Hall–Kier alpha value is -3.56. The summed E-state index contributed by atoms with van der Waals surface area (Å²) in [4.78, 5) is 25.3. The fourth-order valence-corrected chi connectivity index (χ4v) is 3.72. The van der Waals surface area contributed by atoms with Crippen LogP contribution in [0.25, 0.3) is 21.9 Å². The van der Waals surface area contributed by atoms with Crippen LogP contribution >= 0.6 is 11.6 Å². The van der Waals surface area contributed by atoms with Crippen molar-refractivity contribution >= 4 is 45.2 Å². The second-order valence-corrected chi connectivity index (χ2v) is 7.24. The number of carbonyl (C=O) groups excluding carboxylic acids is 2. The lowest BCUT2D eigenvalue weighted by molar-refractivity contribution is 0.0445. The first-order valence-corrected chi connectivity index (χ1v) is 9.72. The Morgan fingerprint density at radius 1 is 1.17 bits per heavy atom. The van der Waals surface area contributed by atoms with Gasteiger partial charge in [0.25, 0.3) is 0 Å². The van der Waals surface area contributed by atoms with Crippen LogP contribution in [-0.2, 0) is 11.3 Å². The van der Waals surface area contributed by atoms with Gasteiger partial charge in [0.1, 0.15) is 0 Å². The van der Waals surface area contributed by atoms with Gasteiger partial charge in [0.05, 0.1) is 17.5 Å². The molecule has 4 aromatic rings. The number of furan rings is 1. The zero-order chi connectivity index (χ0) is 21.3. The average Bonchev–Trinajstić information content (AvgIpc) is 3.30. The molecule has 6 nitrogen and oxygen atoms in total. The molecule has 150 valence electrons. The van der Waals surface area contributed by atoms with Crippen LogP contribution in [0.15, 0.2) is 53.1 Å². The topological polar surface area (TPSA) is 85.2 Å². The van der Waals surface area contributed by atoms with Crippen LogP contribution in [0.1, 0.15) is 32.9 Å². The lowest BCUT2D eigenvalue weighted by Gasteiger charge is -2.02. The van der Waals surface area contributed by atoms with E-state index >= 15 is 0 Å². The molecular formula is C23H17ClN2O4. The molecule has 0 aliphatic rings. The molecule has 7 heteroatoms. The van der Waals surface area contributed by atoms with Crippen molar-refractivity contribution in [1.29, 1.82) is 5.26 Å². The Balaban J connectivity index is 1.56. The molecule has 0 N–H and O–H groups in total. The number of carbonyl (C=O) groups is 2. The molecular weight excluding hydrogens is 404 g/mol. The number of nitriles is 1. The first-order valence-electron chi connectivity index (χ1n) is 9.34. The molecule has 0 aliphatic carbocycles. The van der Waals surface area contributed by atoms with Gasteiger partial charge >= 0.3 is 5.97 Å². The van der Waals surface area contributed by atoms with Crippen LogP contribution in [0, 0.1) is 18.3 Å². The number of hydrogen-bond acceptors (Lipinski definition) is 5. The molecule has 2 aromatic heterocycles. The largest absolute Gasteiger partial charge is 0.451 e. The number of ether oxygens (including phenoxy) is 1. The van der Waals surface area contributed by atoms with E-state index in [1.807, 2.05) is 28.8 Å². The van der Waals surface area contributed by atoms with Crippen LogP contribution in [0.4, 0.5) is 0 Å². The number of Topliss-reactive ketones (excluding diaryl/α,β-unsaturated/α-hetero) is 1. The fraction of sp³-hybridized carbons (Fsp3) is 0.174. The minimum atomic E-state index is -0.721. The summed E-state index contributed by atoms with van der Waals surface area (Å²) >= 11 is 6.13. The zero-order valence-corrected chi connectivity index (χ0v) is 16.9. The highest BCUT2D eigenvalue weighted by molar-refractivity contribution is 6.35. The molecule has 0 saturated carbocycles. The number of aromatic nitrogens is 1. The molecule has 2 heterocycles. The molecule has 2 aromatic carbocycles. The van der Waals surface area contributed by atoms with Crippen LogP contribution in [0.3, 0.4) is 0 Å². The summed E-state index contributed by atoms with van der Waals surface area (Å²) < 4.78 is 12.7. The van der Waals surface area contributed by atoms with Crippen molar-refractivity contribution in [2.24, 2.45) is 0 Å². The van der Waals surface area contributed by atoms with E-state index in [9.17, 15) is 9.59 Å². The van der Waals surface area contributed by atoms with E-state index in [0.717, 1.165) is 16.3 Å². The van der Waals surface area contributed by atoms with E-state index < -0.39 is 12.6 Å². The molecule has 0 radical (unpaired) electrons. The lowest BCUT2D eigenvalue weighted by Crippen LogP contribution is -2.14. The molecule has 0 amide bonds. The summed E-state index contributed by atoms with van der Waals surface area (Å²) in [5.41, 5.74) is 2.32. The SMILES string of the molecule is Cc1c(C(=O)OCC(=O)c2cn(CCC#N)c3ccccc23)oc2c(Cl)cccc12. The Bertz CT molecular complexity index is 1330. The quantitative estimate of drug-likeness (QED) is 0.312. The van der Waals surface area contributed by atoms with E-state index in [4.69, 9.17) is 26.0 Å². The third-order valence-corrected chi connectivity index (χ3v) is 5.29. The van der Waals surface area contributed by atoms with Crippen molar-refractivity contribution < 1.29 is 18.7 Å². The van der Waals surface area contributed by atoms with Gasteiger partial charge in [0.15, 0.2) is 12.2 Å². The van der Waals surface area contributed by atoms with Gasteiger partial charge in [0, 0.05) is 40.2 Å². The van der Waals surface area contributed by atoms with Gasteiger partial charge in [0.2, 0.25) is 11.5 Å². The maximum absolute atomic E-state index is 12.8. The predicted octanol–water partition coefficient (Wildman–Crippen LogP) is 5.30. The molecule has 0 spiro atoms. The number of rotatable bonds is 6. The Morgan fingerprint density at radius 3 is 2.70 bits per heavy atom. The minimum absolute atomic E-state index is 0.0300. The summed E-state index contributed by atoms with van der Waals surface area (Å²) in [6.07, 6.45) is 2.03. The van der Waals surface area contributed by atoms with Crippen molar-refractivity contribution in [1.82, 2.24) is 4.57 Å². The maximum Gasteiger partial charge on any atom is 0.375 e. The fourth-order valence-electron chi connectivity index (χ4n) is 3.50. The average molecular weight is 421 g/mol. The standard InChI is InChI=1S/C23H17ClN2O4/c1-14-15-7-4-8-18(24)22(15)30-21(14)23(28)29-13-20(27)17-12-26(11-5-10-25)19-9-3-2-6-16(17)19/h2-4,6-9,12H,5,11,13H2,1H3. The molecule has 0 saturated heterocycles. The molecule has 4 rings (SSSR count). The van der Waals surface area contributed by atoms with E-state index in [1.165, 1.54) is 0 Å². The van der Waals surface area contributed by atoms with Crippen LogP contribution in [0.5, 0.6) is 0 Å². The number of esters is 1. The Kier molecular flexibility index (Phi) is 5.30. The van der Waals surface area contributed by atoms with E-state index in [1.54, 1.807) is 31.3 Å². The van der Waals surface area contributed by atoms with E-state index in [0.29, 0.717) is 34.7 Å². The number of para-hydroxylation sites is 2. The smallest absolute Gasteiger partial charge is 0.375 e. The number of hydrogen-bond donors (Lipinski definition) is 0. The third-order valence-electron chi connectivity index (χ3n) is 4.99. The van der Waals surface area contributed by atoms with Crippen LogP contribution < -0.4 is 0 Å². The molecule has 0 bridgehead atoms. The van der Waals surface area contributed by atoms with E-state index in [-0.39, 0.29) is 11.5 Å². The Morgan fingerprint density at radius 2 is 1.93 bits per heavy atom. The molecule has 0 aliphatic heterocycles. The predicted molar refractivity (Wildman–Crippen MR) is 113 cm³/mol. The third kappa shape index (κ3) is 3.44. The van der Waals surface area contributed by atoms with Crippen molar-refractivity contribution in [2.75, 3.05) is 6.61 Å². The number of aryl methyl sites for hydroxylation is 2. The first kappa shape index (κ1) is 19.7. The highest BCUT2D eigenvalue weighted by Crippen LogP contribution is 2.31. The van der Waals surface area contributed by atoms with Gasteiger partial charge in [-0.1, -0.05) is 41.9 Å². The summed E-state index contributed by atoms with van der Waals surface area (Å²) in [6, 6.07) is 14.8. The summed E-state index contributed by atoms with van der Waals surface area (Å²) in [5.74, 6) is -1.02. The number of ketones is 1. The molecule has 0 atom stereocenters. The summed E-state index contributed by atoms with van der Waals surface area (Å²) in [7, 11) is 0. The zero-order valence-electron chi connectivity index (χ0n) is 16.1. The number of fused-ring (bicyclic) bond motifs is 2. The van der Waals surface area contributed by atoms with E-state index in [2.05, 4.69) is 6.07 Å². The highest BCUT2D eigenvalue weighted by atomic mass is 35.5. The number of benzene rings is 2. The van der Waals surface area contributed by atoms with Crippen LogP contribution in [0.2, 0.25) is 5.02 Å². The van der Waals surface area contributed by atoms with Gasteiger partial charge < -0.3 is 13.7 Å². The minimum Gasteiger partial charge on any atom is -0.451 e. The lowest BCUT2D eigenvalue weighted by atomic mass is 10.1. The van der Waals surface area contributed by atoms with Gasteiger partial charge in [-0.3, -0.25) is 4.79 Å². The van der Waals surface area contributed by atoms with Gasteiger partial charge in [-0.15, -0.1) is 0 Å². The first-order chi connectivity index (χ1) is 14.5. The van der Waals surface area contributed by atoms with Crippen molar-refractivity contribution in [2.45, 2.75) is 19.9 Å². The van der Waals surface area contributed by atoms with Crippen LogP contribution in [-0.4, -0.2) is 22.9 Å². The monoisotopic (exact) mass is 420 g/mol. The normalized spacial score (nSPS) is 11.0. The molecule has 0 unspecified atom stereocenters. The van der Waals surface area contributed by atoms with Gasteiger partial charge in [-0.25, -0.2) is 4.79 Å². The van der Waals surface area contributed by atoms with Gasteiger partial charge in [-0.05, 0) is 19.1 Å². The molecule has 30 heavy (non-hydrogen) atoms. The Labute approximate surface area is 177 Å². The maximum atomic E-state index is 12.8. The van der Waals surface area contributed by atoms with Gasteiger partial charge in [-0.2, -0.15) is 5.26 Å². The number of nitrogens with zero attached hydrogens (tertiary/aromatic N) is 2. The second kappa shape index (κ2) is 8.05. The highest BCUT2D eigenvalue weighted by Gasteiger charge is 2.22. The molecule has 0 fully saturated rings. The second-order valence-electron chi connectivity index (χ2n) is 6.83. The number of halogens is 1.